The van der Waals surface area contributed by atoms with Crippen LogP contribution in [0.25, 0.3) is 0 Å². The van der Waals surface area contributed by atoms with E-state index in [0.29, 0.717) is 31.3 Å². The minimum absolute atomic E-state index is 0.0810. The maximum absolute atomic E-state index is 14.2. The molecule has 1 fully saturated rings. The Morgan fingerprint density at radius 1 is 0.878 bits per heavy atom. The first-order valence-corrected chi connectivity index (χ1v) is 15.9. The van der Waals surface area contributed by atoms with Gasteiger partial charge in [0.05, 0.1) is 32.1 Å². The van der Waals surface area contributed by atoms with Crippen LogP contribution in [-0.4, -0.2) is 52.1 Å². The Labute approximate surface area is 243 Å². The standard InChI is InChI=1S/C32H41FN2O5S/c1-3-5-16-34(17-6-4-2)30-22-27(25-39-24-26-10-8-7-9-11-26)23-31(41(36,37)35-18-20-38-21-19-35)32(30)40-29-14-12-28(33)13-15-29/h7-15,22-23H,3-6,16-21,24-25H2,1-2H3. The maximum atomic E-state index is 14.2. The number of hydrogen-bond acceptors (Lipinski definition) is 6. The fourth-order valence-corrected chi connectivity index (χ4v) is 6.30. The summed E-state index contributed by atoms with van der Waals surface area (Å²) in [5, 5.41) is 0. The second-order valence-corrected chi connectivity index (χ2v) is 12.1. The van der Waals surface area contributed by atoms with Gasteiger partial charge in [-0.15, -0.1) is 0 Å². The summed E-state index contributed by atoms with van der Waals surface area (Å²) >= 11 is 0. The zero-order chi connectivity index (χ0) is 29.1. The number of nitrogens with zero attached hydrogens (tertiary/aromatic N) is 2. The van der Waals surface area contributed by atoms with Gasteiger partial charge in [0.25, 0.3) is 0 Å². The molecule has 3 aromatic carbocycles. The smallest absolute Gasteiger partial charge is 0.247 e. The lowest BCUT2D eigenvalue weighted by Crippen LogP contribution is -2.40. The van der Waals surface area contributed by atoms with Crippen LogP contribution in [0.1, 0.15) is 50.7 Å². The second-order valence-electron chi connectivity index (χ2n) is 10.2. The molecule has 1 aliphatic rings. The van der Waals surface area contributed by atoms with Gasteiger partial charge in [0.1, 0.15) is 16.5 Å². The van der Waals surface area contributed by atoms with Gasteiger partial charge in [0.15, 0.2) is 5.75 Å². The molecule has 3 aromatic rings. The van der Waals surface area contributed by atoms with E-state index in [1.807, 2.05) is 36.4 Å². The normalized spacial score (nSPS) is 14.2. The fourth-order valence-electron chi connectivity index (χ4n) is 4.71. The highest BCUT2D eigenvalue weighted by atomic mass is 32.2. The first-order valence-electron chi connectivity index (χ1n) is 14.5. The molecule has 0 amide bonds. The molecule has 222 valence electrons. The highest BCUT2D eigenvalue weighted by Crippen LogP contribution is 2.41. The quantitative estimate of drug-likeness (QED) is 0.197. The van der Waals surface area contributed by atoms with Crippen LogP contribution in [0.4, 0.5) is 10.1 Å². The van der Waals surface area contributed by atoms with Crippen LogP contribution < -0.4 is 9.64 Å². The third kappa shape index (κ3) is 8.52. The lowest BCUT2D eigenvalue weighted by Gasteiger charge is -2.31. The van der Waals surface area contributed by atoms with Crippen LogP contribution >= 0.6 is 0 Å². The predicted molar refractivity (Wildman–Crippen MR) is 159 cm³/mol. The van der Waals surface area contributed by atoms with Crippen molar-refractivity contribution in [3.8, 4) is 11.5 Å². The van der Waals surface area contributed by atoms with E-state index in [9.17, 15) is 12.8 Å². The number of anilines is 1. The lowest BCUT2D eigenvalue weighted by molar-refractivity contribution is 0.0729. The van der Waals surface area contributed by atoms with Gasteiger partial charge >= 0.3 is 0 Å². The number of unbranched alkanes of at least 4 members (excludes halogenated alkanes) is 2. The molecule has 0 unspecified atom stereocenters. The molecule has 9 heteroatoms. The summed E-state index contributed by atoms with van der Waals surface area (Å²) in [4.78, 5) is 2.29. The van der Waals surface area contributed by atoms with Gasteiger partial charge in [-0.3, -0.25) is 0 Å². The van der Waals surface area contributed by atoms with E-state index in [-0.39, 0.29) is 30.3 Å². The van der Waals surface area contributed by atoms with Crippen molar-refractivity contribution < 1.29 is 27.0 Å². The molecule has 0 radical (unpaired) electrons. The van der Waals surface area contributed by atoms with Crippen molar-refractivity contribution in [2.45, 2.75) is 57.6 Å². The summed E-state index contributed by atoms with van der Waals surface area (Å²) in [6.07, 6.45) is 3.88. The van der Waals surface area contributed by atoms with E-state index in [2.05, 4.69) is 18.7 Å². The van der Waals surface area contributed by atoms with Crippen LogP contribution in [0.15, 0.2) is 71.6 Å². The van der Waals surface area contributed by atoms with Gasteiger partial charge in [-0.1, -0.05) is 57.0 Å². The molecular weight excluding hydrogens is 543 g/mol. The summed E-state index contributed by atoms with van der Waals surface area (Å²) in [7, 11) is -3.95. The lowest BCUT2D eigenvalue weighted by atomic mass is 10.1. The third-order valence-corrected chi connectivity index (χ3v) is 8.90. The Morgan fingerprint density at radius 2 is 1.51 bits per heavy atom. The molecular formula is C32H41FN2O5S. The van der Waals surface area contributed by atoms with E-state index >= 15 is 0 Å². The van der Waals surface area contributed by atoms with Crippen molar-refractivity contribution in [3.05, 3.63) is 83.7 Å². The summed E-state index contributed by atoms with van der Waals surface area (Å²) < 4.78 is 61.4. The molecule has 0 spiro atoms. The third-order valence-electron chi connectivity index (χ3n) is 7.00. The van der Waals surface area contributed by atoms with Crippen molar-refractivity contribution in [1.29, 1.82) is 0 Å². The number of hydrogen-bond donors (Lipinski definition) is 0. The van der Waals surface area contributed by atoms with Gasteiger partial charge in [0, 0.05) is 26.2 Å². The number of sulfonamides is 1. The molecule has 41 heavy (non-hydrogen) atoms. The van der Waals surface area contributed by atoms with E-state index in [0.717, 1.165) is 49.9 Å². The average Bonchev–Trinajstić information content (AvgIpc) is 3.00. The number of halogens is 1. The monoisotopic (exact) mass is 584 g/mol. The van der Waals surface area contributed by atoms with Crippen LogP contribution in [0, 0.1) is 5.82 Å². The molecule has 0 saturated carbocycles. The van der Waals surface area contributed by atoms with Gasteiger partial charge in [-0.05, 0) is 60.4 Å². The SMILES string of the molecule is CCCCN(CCCC)c1cc(COCc2ccccc2)cc(S(=O)(=O)N2CCOCC2)c1Oc1ccc(F)cc1. The molecule has 0 N–H and O–H groups in total. The van der Waals surface area contributed by atoms with Crippen LogP contribution in [0.5, 0.6) is 11.5 Å². The van der Waals surface area contributed by atoms with Gasteiger partial charge in [-0.25, -0.2) is 12.8 Å². The topological polar surface area (TPSA) is 68.3 Å². The zero-order valence-corrected chi connectivity index (χ0v) is 24.9. The van der Waals surface area contributed by atoms with Gasteiger partial charge in [-0.2, -0.15) is 4.31 Å². The largest absolute Gasteiger partial charge is 0.454 e. The number of ether oxygens (including phenoxy) is 3. The average molecular weight is 585 g/mol. The van der Waals surface area contributed by atoms with Crippen molar-refractivity contribution in [2.24, 2.45) is 0 Å². The Hall–Kier alpha value is -2.98. The predicted octanol–water partition coefficient (Wildman–Crippen LogP) is 6.76. The Bertz CT molecular complexity index is 1320. The molecule has 1 aliphatic heterocycles. The molecule has 1 saturated heterocycles. The Kier molecular flexibility index (Phi) is 11.6. The molecule has 1 heterocycles. The van der Waals surface area contributed by atoms with Crippen LogP contribution in [0.2, 0.25) is 0 Å². The molecule has 0 atom stereocenters. The minimum Gasteiger partial charge on any atom is -0.454 e. The molecule has 0 bridgehead atoms. The van der Waals surface area contributed by atoms with Crippen LogP contribution in [0.3, 0.4) is 0 Å². The molecule has 7 nitrogen and oxygen atoms in total. The Balaban J connectivity index is 1.81. The fraction of sp³-hybridized carbons (Fsp3) is 0.438. The molecule has 0 aromatic heterocycles. The second kappa shape index (κ2) is 15.3. The van der Waals surface area contributed by atoms with Crippen molar-refractivity contribution in [2.75, 3.05) is 44.3 Å². The highest BCUT2D eigenvalue weighted by molar-refractivity contribution is 7.89. The highest BCUT2D eigenvalue weighted by Gasteiger charge is 2.32. The Morgan fingerprint density at radius 3 is 2.15 bits per heavy atom. The zero-order valence-electron chi connectivity index (χ0n) is 24.1. The van der Waals surface area contributed by atoms with E-state index < -0.39 is 15.8 Å². The first kappa shape index (κ1) is 31.0. The molecule has 0 aliphatic carbocycles. The number of benzene rings is 3. The number of rotatable bonds is 15. The van der Waals surface area contributed by atoms with Crippen molar-refractivity contribution in [3.63, 3.8) is 0 Å². The van der Waals surface area contributed by atoms with E-state index in [1.54, 1.807) is 6.07 Å². The van der Waals surface area contributed by atoms with Crippen molar-refractivity contribution in [1.82, 2.24) is 4.31 Å². The molecule has 4 rings (SSSR count). The summed E-state index contributed by atoms with van der Waals surface area (Å²) in [5.74, 6) is 0.226. The minimum atomic E-state index is -3.95. The van der Waals surface area contributed by atoms with Crippen molar-refractivity contribution >= 4 is 15.7 Å². The van der Waals surface area contributed by atoms with Crippen LogP contribution in [-0.2, 0) is 32.7 Å². The maximum Gasteiger partial charge on any atom is 0.247 e. The summed E-state index contributed by atoms with van der Waals surface area (Å²) in [5.41, 5.74) is 2.48. The summed E-state index contributed by atoms with van der Waals surface area (Å²) in [6, 6.07) is 19.2. The van der Waals surface area contributed by atoms with E-state index in [4.69, 9.17) is 14.2 Å². The first-order chi connectivity index (χ1) is 19.9. The van der Waals surface area contributed by atoms with E-state index in [1.165, 1.54) is 28.6 Å². The van der Waals surface area contributed by atoms with Gasteiger partial charge < -0.3 is 19.1 Å². The summed E-state index contributed by atoms with van der Waals surface area (Å²) in [6.45, 7) is 7.61. The van der Waals surface area contributed by atoms with Gasteiger partial charge in [0.2, 0.25) is 10.0 Å². The number of morpholine rings is 1.